The number of para-hydroxylation sites is 1. The Balaban J connectivity index is 1.47. The van der Waals surface area contributed by atoms with Crippen LogP contribution in [0.5, 0.6) is 5.75 Å². The number of benzene rings is 2. The first-order valence-electron chi connectivity index (χ1n) is 9.50. The van der Waals surface area contributed by atoms with Crippen LogP contribution in [0.1, 0.15) is 26.7 Å². The van der Waals surface area contributed by atoms with Crippen molar-refractivity contribution < 1.29 is 4.74 Å². The van der Waals surface area contributed by atoms with Gasteiger partial charge in [0.2, 0.25) is 0 Å². The highest BCUT2D eigenvalue weighted by atomic mass is 16.5. The van der Waals surface area contributed by atoms with E-state index in [1.807, 2.05) is 0 Å². The summed E-state index contributed by atoms with van der Waals surface area (Å²) in [6.45, 7) is 9.58. The molecule has 0 aromatic heterocycles. The number of ether oxygens (including phenoxy) is 1. The zero-order chi connectivity index (χ0) is 17.5. The number of hydrogen-bond donors (Lipinski definition) is 0. The maximum absolute atomic E-state index is 5.85. The Kier molecular flexibility index (Phi) is 6.21. The van der Waals surface area contributed by atoms with Gasteiger partial charge in [-0.15, -0.1) is 0 Å². The van der Waals surface area contributed by atoms with Crippen molar-refractivity contribution in [3.63, 3.8) is 0 Å². The van der Waals surface area contributed by atoms with Crippen LogP contribution in [0.15, 0.2) is 54.6 Å². The Hall–Kier alpha value is -2.16. The Morgan fingerprint density at radius 2 is 1.36 bits per heavy atom. The molecule has 134 valence electrons. The van der Waals surface area contributed by atoms with E-state index in [9.17, 15) is 0 Å². The zero-order valence-corrected chi connectivity index (χ0v) is 15.5. The topological polar surface area (TPSA) is 15.7 Å². The molecule has 3 rings (SSSR count). The van der Waals surface area contributed by atoms with Gasteiger partial charge in [0, 0.05) is 37.6 Å². The molecule has 1 aliphatic rings. The van der Waals surface area contributed by atoms with Gasteiger partial charge in [-0.2, -0.15) is 0 Å². The highest BCUT2D eigenvalue weighted by Gasteiger charge is 2.17. The van der Waals surface area contributed by atoms with Crippen LogP contribution in [0.3, 0.4) is 0 Å². The molecule has 25 heavy (non-hydrogen) atoms. The van der Waals surface area contributed by atoms with Gasteiger partial charge in [0.25, 0.3) is 0 Å². The summed E-state index contributed by atoms with van der Waals surface area (Å²) in [5.41, 5.74) is 2.62. The van der Waals surface area contributed by atoms with Crippen LogP contribution in [-0.4, -0.2) is 32.8 Å². The van der Waals surface area contributed by atoms with E-state index in [1.165, 1.54) is 17.8 Å². The van der Waals surface area contributed by atoms with Crippen LogP contribution < -0.4 is 14.5 Å². The molecule has 1 saturated heterocycles. The lowest BCUT2D eigenvalue weighted by Crippen LogP contribution is -2.46. The summed E-state index contributed by atoms with van der Waals surface area (Å²) < 4.78 is 5.85. The van der Waals surface area contributed by atoms with E-state index >= 15 is 0 Å². The summed E-state index contributed by atoms with van der Waals surface area (Å²) in [6.07, 6.45) is 2.35. The predicted octanol–water partition coefficient (Wildman–Crippen LogP) is 4.83. The molecule has 3 heteroatoms. The first kappa shape index (κ1) is 17.7. The van der Waals surface area contributed by atoms with Crippen LogP contribution in [0.25, 0.3) is 0 Å². The van der Waals surface area contributed by atoms with Crippen LogP contribution in [0.2, 0.25) is 0 Å². The minimum Gasteiger partial charge on any atom is -0.494 e. The average molecular weight is 338 g/mol. The van der Waals surface area contributed by atoms with Gasteiger partial charge in [0.1, 0.15) is 5.75 Å². The molecular formula is C22H30N2O. The van der Waals surface area contributed by atoms with Crippen molar-refractivity contribution in [2.24, 2.45) is 5.92 Å². The molecule has 0 N–H and O–H groups in total. The first-order chi connectivity index (χ1) is 12.2. The predicted molar refractivity (Wildman–Crippen MR) is 107 cm³/mol. The van der Waals surface area contributed by atoms with E-state index in [0.29, 0.717) is 0 Å². The smallest absolute Gasteiger partial charge is 0.119 e. The lowest BCUT2D eigenvalue weighted by Gasteiger charge is -2.37. The van der Waals surface area contributed by atoms with Crippen LogP contribution in [0.4, 0.5) is 11.4 Å². The second kappa shape index (κ2) is 8.80. The highest BCUT2D eigenvalue weighted by Crippen LogP contribution is 2.23. The summed E-state index contributed by atoms with van der Waals surface area (Å²) in [5, 5.41) is 0. The van der Waals surface area contributed by atoms with E-state index in [0.717, 1.165) is 50.9 Å². The molecule has 3 nitrogen and oxygen atoms in total. The van der Waals surface area contributed by atoms with E-state index < -0.39 is 0 Å². The van der Waals surface area contributed by atoms with Gasteiger partial charge in [0.15, 0.2) is 0 Å². The third-order valence-electron chi connectivity index (χ3n) is 4.80. The number of rotatable bonds is 7. The fourth-order valence-electron chi connectivity index (χ4n) is 3.30. The Morgan fingerprint density at radius 1 is 0.800 bits per heavy atom. The fourth-order valence-corrected chi connectivity index (χ4v) is 3.30. The van der Waals surface area contributed by atoms with Crippen molar-refractivity contribution >= 4 is 11.4 Å². The SMILES string of the molecule is CC(C)CCCOc1ccc(N2CCN(c3ccccc3)CC2)cc1. The van der Waals surface area contributed by atoms with Gasteiger partial charge >= 0.3 is 0 Å². The van der Waals surface area contributed by atoms with Gasteiger partial charge in [-0.3, -0.25) is 0 Å². The van der Waals surface area contributed by atoms with Gasteiger partial charge in [-0.25, -0.2) is 0 Å². The summed E-state index contributed by atoms with van der Waals surface area (Å²) >= 11 is 0. The Morgan fingerprint density at radius 3 is 1.92 bits per heavy atom. The third kappa shape index (κ3) is 5.15. The lowest BCUT2D eigenvalue weighted by atomic mass is 10.1. The minimum atomic E-state index is 0.750. The van der Waals surface area contributed by atoms with Gasteiger partial charge < -0.3 is 14.5 Å². The second-order valence-electron chi connectivity index (χ2n) is 7.19. The van der Waals surface area contributed by atoms with E-state index in [1.54, 1.807) is 0 Å². The summed E-state index contributed by atoms with van der Waals surface area (Å²) in [7, 11) is 0. The van der Waals surface area contributed by atoms with Crippen molar-refractivity contribution in [3.05, 3.63) is 54.6 Å². The minimum absolute atomic E-state index is 0.750. The largest absolute Gasteiger partial charge is 0.494 e. The van der Waals surface area contributed by atoms with Crippen LogP contribution in [-0.2, 0) is 0 Å². The van der Waals surface area contributed by atoms with Gasteiger partial charge in [-0.1, -0.05) is 32.0 Å². The van der Waals surface area contributed by atoms with Gasteiger partial charge in [-0.05, 0) is 55.2 Å². The van der Waals surface area contributed by atoms with Crippen molar-refractivity contribution in [1.29, 1.82) is 0 Å². The quantitative estimate of drug-likeness (QED) is 0.673. The fraction of sp³-hybridized carbons (Fsp3) is 0.455. The molecule has 2 aromatic rings. The molecule has 1 aliphatic heterocycles. The van der Waals surface area contributed by atoms with Crippen molar-refractivity contribution in [2.45, 2.75) is 26.7 Å². The molecule has 0 bridgehead atoms. The van der Waals surface area contributed by atoms with Crippen LogP contribution >= 0.6 is 0 Å². The zero-order valence-electron chi connectivity index (χ0n) is 15.5. The summed E-state index contributed by atoms with van der Waals surface area (Å²) in [5.74, 6) is 1.73. The highest BCUT2D eigenvalue weighted by molar-refractivity contribution is 5.52. The van der Waals surface area contributed by atoms with Crippen molar-refractivity contribution in [3.8, 4) is 5.75 Å². The van der Waals surface area contributed by atoms with Crippen LogP contribution in [0, 0.1) is 5.92 Å². The average Bonchev–Trinajstić information content (AvgIpc) is 2.66. The number of piperazine rings is 1. The van der Waals surface area contributed by atoms with E-state index in [4.69, 9.17) is 4.74 Å². The normalized spacial score (nSPS) is 14.8. The third-order valence-corrected chi connectivity index (χ3v) is 4.80. The molecule has 0 aliphatic carbocycles. The summed E-state index contributed by atoms with van der Waals surface area (Å²) in [6, 6.07) is 19.3. The molecule has 0 saturated carbocycles. The van der Waals surface area contributed by atoms with Gasteiger partial charge in [0.05, 0.1) is 6.61 Å². The molecular weight excluding hydrogens is 308 g/mol. The molecule has 2 aromatic carbocycles. The Labute approximate surface area is 152 Å². The molecule has 0 atom stereocenters. The van der Waals surface area contributed by atoms with Crippen molar-refractivity contribution in [1.82, 2.24) is 0 Å². The first-order valence-corrected chi connectivity index (χ1v) is 9.50. The van der Waals surface area contributed by atoms with Crippen molar-refractivity contribution in [2.75, 3.05) is 42.6 Å². The molecule has 0 spiro atoms. The van der Waals surface area contributed by atoms with E-state index in [-0.39, 0.29) is 0 Å². The maximum atomic E-state index is 5.85. The number of anilines is 2. The molecule has 0 unspecified atom stereocenters. The standard InChI is InChI=1S/C22H30N2O/c1-19(2)7-6-18-25-22-12-10-21(11-13-22)24-16-14-23(15-17-24)20-8-4-3-5-9-20/h3-5,8-13,19H,6-7,14-18H2,1-2H3. The molecule has 1 heterocycles. The second-order valence-corrected chi connectivity index (χ2v) is 7.19. The number of hydrogen-bond acceptors (Lipinski definition) is 3. The summed E-state index contributed by atoms with van der Waals surface area (Å²) in [4.78, 5) is 4.92. The monoisotopic (exact) mass is 338 g/mol. The lowest BCUT2D eigenvalue weighted by molar-refractivity contribution is 0.298. The maximum Gasteiger partial charge on any atom is 0.119 e. The molecule has 0 radical (unpaired) electrons. The number of nitrogens with zero attached hydrogens (tertiary/aromatic N) is 2. The Bertz CT molecular complexity index is 616. The molecule has 1 fully saturated rings. The molecule has 0 amide bonds. The van der Waals surface area contributed by atoms with E-state index in [2.05, 4.69) is 78.2 Å².